The van der Waals surface area contributed by atoms with Crippen LogP contribution in [0.5, 0.6) is 0 Å². The van der Waals surface area contributed by atoms with Crippen molar-refractivity contribution >= 4 is 11.6 Å². The molecule has 0 aliphatic rings. The Morgan fingerprint density at radius 1 is 1.29 bits per heavy atom. The molecule has 0 saturated carbocycles. The summed E-state index contributed by atoms with van der Waals surface area (Å²) >= 11 is 0. The van der Waals surface area contributed by atoms with E-state index < -0.39 is 0 Å². The normalized spacial score (nSPS) is 10.2. The molecule has 0 fully saturated rings. The molecule has 88 valence electrons. The molecular weight excluding hydrogens is 218 g/mol. The topological polar surface area (TPSA) is 78.0 Å². The Morgan fingerprint density at radius 3 is 2.65 bits per heavy atom. The van der Waals surface area contributed by atoms with Crippen molar-refractivity contribution in [3.05, 3.63) is 47.8 Å². The van der Waals surface area contributed by atoms with E-state index in [2.05, 4.69) is 15.5 Å². The number of aliphatic hydroxyl groups is 1. The third-order valence-electron chi connectivity index (χ3n) is 2.36. The van der Waals surface area contributed by atoms with Crippen molar-refractivity contribution in [3.8, 4) is 0 Å². The summed E-state index contributed by atoms with van der Waals surface area (Å²) in [6.45, 7) is 0.125. The van der Waals surface area contributed by atoms with Gasteiger partial charge in [0.15, 0.2) is 0 Å². The monoisotopic (exact) mass is 231 g/mol. The van der Waals surface area contributed by atoms with Gasteiger partial charge in [-0.05, 0) is 30.2 Å². The predicted molar refractivity (Wildman–Crippen MR) is 63.8 cm³/mol. The lowest BCUT2D eigenvalue weighted by Crippen LogP contribution is -2.12. The average molecular weight is 231 g/mol. The number of aliphatic hydroxyl groups excluding tert-OH is 1. The minimum absolute atomic E-state index is 0.125. The lowest BCUT2D eigenvalue weighted by Gasteiger charge is -2.04. The summed E-state index contributed by atoms with van der Waals surface area (Å²) in [5, 5.41) is 17.8. The van der Waals surface area contributed by atoms with E-state index in [1.165, 1.54) is 6.20 Å². The number of aromatic amines is 1. The zero-order valence-electron chi connectivity index (χ0n) is 9.18. The second-order valence-corrected chi connectivity index (χ2v) is 3.59. The highest BCUT2D eigenvalue weighted by atomic mass is 16.2. The number of amides is 1. The van der Waals surface area contributed by atoms with Gasteiger partial charge in [0, 0.05) is 18.5 Å². The third-order valence-corrected chi connectivity index (χ3v) is 2.36. The summed E-state index contributed by atoms with van der Waals surface area (Å²) in [6.07, 6.45) is 2.15. The van der Waals surface area contributed by atoms with Gasteiger partial charge in [0.2, 0.25) is 0 Å². The number of nitrogens with one attached hydrogen (secondary N) is 2. The highest BCUT2D eigenvalue weighted by Gasteiger charge is 2.06. The Hall–Kier alpha value is -2.14. The van der Waals surface area contributed by atoms with Crippen molar-refractivity contribution < 1.29 is 9.90 Å². The third kappa shape index (κ3) is 2.92. The summed E-state index contributed by atoms with van der Waals surface area (Å²) in [5.74, 6) is -0.225. The first kappa shape index (κ1) is 11.3. The van der Waals surface area contributed by atoms with Crippen LogP contribution in [0.4, 0.5) is 5.69 Å². The molecule has 0 bridgehead atoms. The number of hydrogen-bond acceptors (Lipinski definition) is 3. The number of rotatable bonds is 4. The summed E-state index contributed by atoms with van der Waals surface area (Å²) in [5.41, 5.74) is 2.17. The molecule has 2 rings (SSSR count). The number of carbonyl (C=O) groups excluding carboxylic acids is 1. The Labute approximate surface area is 98.5 Å². The van der Waals surface area contributed by atoms with E-state index in [-0.39, 0.29) is 12.5 Å². The van der Waals surface area contributed by atoms with Gasteiger partial charge in [-0.2, -0.15) is 5.10 Å². The molecule has 1 amide bonds. The second-order valence-electron chi connectivity index (χ2n) is 3.59. The molecule has 5 heteroatoms. The van der Waals surface area contributed by atoms with Gasteiger partial charge in [-0.15, -0.1) is 0 Å². The highest BCUT2D eigenvalue weighted by molar-refractivity contribution is 6.02. The molecule has 17 heavy (non-hydrogen) atoms. The summed E-state index contributed by atoms with van der Waals surface area (Å²) < 4.78 is 0. The molecule has 3 N–H and O–H groups in total. The number of nitrogens with zero attached hydrogens (tertiary/aromatic N) is 1. The predicted octanol–water partition coefficient (Wildman–Crippen LogP) is 1.20. The van der Waals surface area contributed by atoms with Crippen molar-refractivity contribution in [3.63, 3.8) is 0 Å². The maximum Gasteiger partial charge on any atom is 0.273 e. The molecule has 0 spiro atoms. The van der Waals surface area contributed by atoms with Gasteiger partial charge in [0.05, 0.1) is 0 Å². The number of benzene rings is 1. The Morgan fingerprint density at radius 2 is 2.06 bits per heavy atom. The lowest BCUT2D eigenvalue weighted by atomic mass is 10.1. The number of anilines is 1. The molecular formula is C12H13N3O2. The van der Waals surface area contributed by atoms with Crippen LogP contribution in [0.3, 0.4) is 0 Å². The Bertz CT molecular complexity index is 477. The zero-order valence-corrected chi connectivity index (χ0v) is 9.18. The molecule has 0 saturated heterocycles. The van der Waals surface area contributed by atoms with Crippen LogP contribution in [0.15, 0.2) is 36.5 Å². The van der Waals surface area contributed by atoms with Crippen LogP contribution < -0.4 is 5.32 Å². The van der Waals surface area contributed by atoms with E-state index in [1.54, 1.807) is 18.2 Å². The number of carbonyl (C=O) groups is 1. The fourth-order valence-electron chi connectivity index (χ4n) is 1.46. The van der Waals surface area contributed by atoms with Crippen LogP contribution in [0.1, 0.15) is 16.1 Å². The van der Waals surface area contributed by atoms with Gasteiger partial charge >= 0.3 is 0 Å². The number of aromatic nitrogens is 2. The van der Waals surface area contributed by atoms with E-state index in [0.29, 0.717) is 17.8 Å². The van der Waals surface area contributed by atoms with E-state index in [9.17, 15) is 4.79 Å². The fourth-order valence-corrected chi connectivity index (χ4v) is 1.46. The Kier molecular flexibility index (Phi) is 3.52. The first-order valence-electron chi connectivity index (χ1n) is 5.30. The first-order chi connectivity index (χ1) is 8.29. The average Bonchev–Trinajstić information content (AvgIpc) is 2.86. The van der Waals surface area contributed by atoms with Gasteiger partial charge in [0.25, 0.3) is 5.91 Å². The standard InChI is InChI=1S/C12H13N3O2/c16-8-6-9-1-3-10(4-2-9)14-12(17)11-5-7-13-15-11/h1-5,7,16H,6,8H2,(H,13,15)(H,14,17). The summed E-state index contributed by atoms with van der Waals surface area (Å²) in [4.78, 5) is 11.7. The second kappa shape index (κ2) is 5.27. The molecule has 1 aromatic heterocycles. The van der Waals surface area contributed by atoms with E-state index in [4.69, 9.17) is 5.11 Å². The number of H-pyrrole nitrogens is 1. The first-order valence-corrected chi connectivity index (χ1v) is 5.30. The van der Waals surface area contributed by atoms with Crippen molar-refractivity contribution in [2.24, 2.45) is 0 Å². The van der Waals surface area contributed by atoms with Crippen LogP contribution in [0.25, 0.3) is 0 Å². The van der Waals surface area contributed by atoms with Crippen molar-refractivity contribution in [2.45, 2.75) is 6.42 Å². The van der Waals surface area contributed by atoms with Crippen LogP contribution in [-0.4, -0.2) is 27.8 Å². The largest absolute Gasteiger partial charge is 0.396 e. The van der Waals surface area contributed by atoms with Gasteiger partial charge in [0.1, 0.15) is 5.69 Å². The molecule has 5 nitrogen and oxygen atoms in total. The molecule has 1 aromatic carbocycles. The van der Waals surface area contributed by atoms with Crippen LogP contribution in [0, 0.1) is 0 Å². The van der Waals surface area contributed by atoms with Gasteiger partial charge in [-0.3, -0.25) is 9.89 Å². The zero-order chi connectivity index (χ0) is 12.1. The smallest absolute Gasteiger partial charge is 0.273 e. The maximum absolute atomic E-state index is 11.7. The van der Waals surface area contributed by atoms with Crippen LogP contribution in [-0.2, 0) is 6.42 Å². The van der Waals surface area contributed by atoms with Gasteiger partial charge < -0.3 is 10.4 Å². The SMILES string of the molecule is O=C(Nc1ccc(CCO)cc1)c1ccn[nH]1. The molecule has 0 unspecified atom stereocenters. The molecule has 0 radical (unpaired) electrons. The maximum atomic E-state index is 11.7. The molecule has 0 aliphatic heterocycles. The van der Waals surface area contributed by atoms with E-state index in [0.717, 1.165) is 5.56 Å². The Balaban J connectivity index is 2.01. The fraction of sp³-hybridized carbons (Fsp3) is 0.167. The molecule has 0 aliphatic carbocycles. The van der Waals surface area contributed by atoms with Gasteiger partial charge in [-0.25, -0.2) is 0 Å². The van der Waals surface area contributed by atoms with Crippen molar-refractivity contribution in [1.29, 1.82) is 0 Å². The minimum Gasteiger partial charge on any atom is -0.396 e. The number of hydrogen-bond donors (Lipinski definition) is 3. The van der Waals surface area contributed by atoms with E-state index >= 15 is 0 Å². The minimum atomic E-state index is -0.225. The molecule has 0 atom stereocenters. The van der Waals surface area contributed by atoms with Crippen LogP contribution >= 0.6 is 0 Å². The summed E-state index contributed by atoms with van der Waals surface area (Å²) in [7, 11) is 0. The molecule has 1 heterocycles. The van der Waals surface area contributed by atoms with E-state index in [1.807, 2.05) is 12.1 Å². The van der Waals surface area contributed by atoms with Crippen molar-refractivity contribution in [1.82, 2.24) is 10.2 Å². The van der Waals surface area contributed by atoms with Crippen molar-refractivity contribution in [2.75, 3.05) is 11.9 Å². The quantitative estimate of drug-likeness (QED) is 0.739. The summed E-state index contributed by atoms with van der Waals surface area (Å²) in [6, 6.07) is 8.96. The molecule has 2 aromatic rings. The van der Waals surface area contributed by atoms with Crippen LogP contribution in [0.2, 0.25) is 0 Å². The van der Waals surface area contributed by atoms with Gasteiger partial charge in [-0.1, -0.05) is 12.1 Å². The highest BCUT2D eigenvalue weighted by Crippen LogP contribution is 2.11. The lowest BCUT2D eigenvalue weighted by molar-refractivity contribution is 0.102.